The van der Waals surface area contributed by atoms with Crippen LogP contribution in [0.25, 0.3) is 0 Å². The van der Waals surface area contributed by atoms with Gasteiger partial charge in [0.25, 0.3) is 0 Å². The molecule has 0 aromatic heterocycles. The van der Waals surface area contributed by atoms with Gasteiger partial charge in [0.05, 0.1) is 12.2 Å². The summed E-state index contributed by atoms with van der Waals surface area (Å²) in [5.74, 6) is -1.42. The summed E-state index contributed by atoms with van der Waals surface area (Å²) in [6.45, 7) is 0.146. The number of rotatable bonds is 6. The second-order valence-electron chi connectivity index (χ2n) is 4.55. The Balaban J connectivity index is 3.13. The SMILES string of the molecule is COCC(O)(CCCN)c1ccc(C(F)(F)F)c(F)c1. The monoisotopic (exact) mass is 295 g/mol. The molecule has 1 rings (SSSR count). The summed E-state index contributed by atoms with van der Waals surface area (Å²) in [6.07, 6.45) is -4.16. The van der Waals surface area contributed by atoms with Crippen molar-refractivity contribution in [3.8, 4) is 0 Å². The molecule has 0 fully saturated rings. The van der Waals surface area contributed by atoms with Crippen molar-refractivity contribution in [3.05, 3.63) is 35.1 Å². The lowest BCUT2D eigenvalue weighted by Crippen LogP contribution is -2.32. The highest BCUT2D eigenvalue weighted by Crippen LogP contribution is 2.34. The molecule has 3 nitrogen and oxygen atoms in total. The van der Waals surface area contributed by atoms with Gasteiger partial charge in [0.2, 0.25) is 0 Å². The van der Waals surface area contributed by atoms with Crippen molar-refractivity contribution < 1.29 is 27.4 Å². The Morgan fingerprint density at radius 3 is 2.40 bits per heavy atom. The van der Waals surface area contributed by atoms with E-state index < -0.39 is 23.2 Å². The molecule has 1 aromatic rings. The molecule has 7 heteroatoms. The van der Waals surface area contributed by atoms with Gasteiger partial charge in [-0.3, -0.25) is 0 Å². The number of ether oxygens (including phenoxy) is 1. The van der Waals surface area contributed by atoms with E-state index in [1.54, 1.807) is 0 Å². The molecule has 0 saturated heterocycles. The van der Waals surface area contributed by atoms with Crippen LogP contribution in [0.15, 0.2) is 18.2 Å². The average molecular weight is 295 g/mol. The largest absolute Gasteiger partial charge is 0.419 e. The quantitative estimate of drug-likeness (QED) is 0.792. The van der Waals surface area contributed by atoms with E-state index in [0.29, 0.717) is 25.1 Å². The fourth-order valence-corrected chi connectivity index (χ4v) is 1.97. The zero-order chi connectivity index (χ0) is 15.4. The fourth-order valence-electron chi connectivity index (χ4n) is 1.97. The third-order valence-corrected chi connectivity index (χ3v) is 2.99. The molecule has 1 unspecified atom stereocenters. The maximum Gasteiger partial charge on any atom is 0.419 e. The topological polar surface area (TPSA) is 55.5 Å². The minimum absolute atomic E-state index is 0.0401. The van der Waals surface area contributed by atoms with Gasteiger partial charge in [-0.25, -0.2) is 4.39 Å². The molecule has 20 heavy (non-hydrogen) atoms. The highest BCUT2D eigenvalue weighted by molar-refractivity contribution is 5.30. The lowest BCUT2D eigenvalue weighted by Gasteiger charge is -2.28. The van der Waals surface area contributed by atoms with Gasteiger partial charge >= 0.3 is 6.18 Å². The number of methoxy groups -OCH3 is 1. The summed E-state index contributed by atoms with van der Waals surface area (Å²) in [5.41, 5.74) is 2.47. The molecule has 0 aliphatic rings. The van der Waals surface area contributed by atoms with E-state index in [2.05, 4.69) is 0 Å². The Kier molecular flexibility index (Phi) is 5.50. The number of hydrogen-bond donors (Lipinski definition) is 2. The summed E-state index contributed by atoms with van der Waals surface area (Å²) >= 11 is 0. The van der Waals surface area contributed by atoms with Crippen LogP contribution in [-0.2, 0) is 16.5 Å². The van der Waals surface area contributed by atoms with Gasteiger partial charge in [-0.15, -0.1) is 0 Å². The van der Waals surface area contributed by atoms with Crippen molar-refractivity contribution in [2.24, 2.45) is 5.73 Å². The van der Waals surface area contributed by atoms with Crippen molar-refractivity contribution in [1.82, 2.24) is 0 Å². The Morgan fingerprint density at radius 2 is 1.95 bits per heavy atom. The molecule has 114 valence electrons. The van der Waals surface area contributed by atoms with E-state index in [-0.39, 0.29) is 18.6 Å². The lowest BCUT2D eigenvalue weighted by atomic mass is 9.89. The molecule has 0 saturated carbocycles. The van der Waals surface area contributed by atoms with Crippen LogP contribution < -0.4 is 5.73 Å². The average Bonchev–Trinajstić information content (AvgIpc) is 2.35. The summed E-state index contributed by atoms with van der Waals surface area (Å²) in [7, 11) is 1.34. The van der Waals surface area contributed by atoms with E-state index >= 15 is 0 Å². The number of halogens is 4. The molecule has 0 aliphatic carbocycles. The highest BCUT2D eigenvalue weighted by Gasteiger charge is 2.36. The molecule has 0 heterocycles. The molecule has 0 amide bonds. The summed E-state index contributed by atoms with van der Waals surface area (Å²) < 4.78 is 55.9. The van der Waals surface area contributed by atoms with E-state index in [4.69, 9.17) is 10.5 Å². The summed E-state index contributed by atoms with van der Waals surface area (Å²) in [6, 6.07) is 2.37. The highest BCUT2D eigenvalue weighted by atomic mass is 19.4. The molecular weight excluding hydrogens is 278 g/mol. The number of aliphatic hydroxyl groups is 1. The van der Waals surface area contributed by atoms with Crippen molar-refractivity contribution >= 4 is 0 Å². The van der Waals surface area contributed by atoms with Crippen LogP contribution >= 0.6 is 0 Å². The Bertz CT molecular complexity index is 450. The third-order valence-electron chi connectivity index (χ3n) is 2.99. The molecule has 3 N–H and O–H groups in total. The van der Waals surface area contributed by atoms with Gasteiger partial charge < -0.3 is 15.6 Å². The number of benzene rings is 1. The minimum atomic E-state index is -4.76. The van der Waals surface area contributed by atoms with E-state index in [9.17, 15) is 22.7 Å². The third kappa shape index (κ3) is 3.91. The molecule has 0 aliphatic heterocycles. The summed E-state index contributed by atoms with van der Waals surface area (Å²) in [4.78, 5) is 0. The number of alkyl halides is 3. The van der Waals surface area contributed by atoms with Gasteiger partial charge in [0.15, 0.2) is 0 Å². The van der Waals surface area contributed by atoms with Crippen LogP contribution in [0.1, 0.15) is 24.0 Å². The van der Waals surface area contributed by atoms with Crippen molar-refractivity contribution in [2.45, 2.75) is 24.6 Å². The maximum atomic E-state index is 13.5. The zero-order valence-electron chi connectivity index (χ0n) is 11.0. The van der Waals surface area contributed by atoms with Gasteiger partial charge in [-0.05, 0) is 37.1 Å². The van der Waals surface area contributed by atoms with Crippen LogP contribution in [0.3, 0.4) is 0 Å². The first-order valence-electron chi connectivity index (χ1n) is 6.03. The van der Waals surface area contributed by atoms with E-state index in [1.807, 2.05) is 0 Å². The number of hydrogen-bond acceptors (Lipinski definition) is 3. The molecule has 0 spiro atoms. The van der Waals surface area contributed by atoms with E-state index in [1.165, 1.54) is 7.11 Å². The summed E-state index contributed by atoms with van der Waals surface area (Å²) in [5, 5.41) is 10.4. The minimum Gasteiger partial charge on any atom is -0.383 e. The van der Waals surface area contributed by atoms with Gasteiger partial charge in [0, 0.05) is 7.11 Å². The maximum absolute atomic E-state index is 13.5. The lowest BCUT2D eigenvalue weighted by molar-refractivity contribution is -0.140. The standard InChI is InChI=1S/C13H17F4NO2/c1-20-8-12(19,5-2-6-18)9-3-4-10(11(14)7-9)13(15,16)17/h3-4,7,19H,2,5-6,8,18H2,1H3. The first-order chi connectivity index (χ1) is 9.24. The van der Waals surface area contributed by atoms with Crippen LogP contribution in [0, 0.1) is 5.82 Å². The Morgan fingerprint density at radius 1 is 1.30 bits per heavy atom. The predicted molar refractivity (Wildman–Crippen MR) is 65.5 cm³/mol. The van der Waals surface area contributed by atoms with Crippen molar-refractivity contribution in [3.63, 3.8) is 0 Å². The van der Waals surface area contributed by atoms with E-state index in [0.717, 1.165) is 6.07 Å². The second-order valence-corrected chi connectivity index (χ2v) is 4.55. The van der Waals surface area contributed by atoms with Gasteiger partial charge in [-0.2, -0.15) is 13.2 Å². The first-order valence-corrected chi connectivity index (χ1v) is 6.03. The fraction of sp³-hybridized carbons (Fsp3) is 0.538. The van der Waals surface area contributed by atoms with Crippen molar-refractivity contribution in [1.29, 1.82) is 0 Å². The van der Waals surface area contributed by atoms with Gasteiger partial charge in [-0.1, -0.05) is 6.07 Å². The molecule has 0 bridgehead atoms. The Hall–Kier alpha value is -1.18. The second kappa shape index (κ2) is 6.51. The smallest absolute Gasteiger partial charge is 0.383 e. The Labute approximate surface area is 114 Å². The zero-order valence-corrected chi connectivity index (χ0v) is 11.0. The van der Waals surface area contributed by atoms with Crippen LogP contribution in [0.4, 0.5) is 17.6 Å². The molecule has 1 aromatic carbocycles. The molecule has 1 atom stereocenters. The number of nitrogens with two attached hydrogens (primary N) is 1. The van der Waals surface area contributed by atoms with Crippen LogP contribution in [0.2, 0.25) is 0 Å². The van der Waals surface area contributed by atoms with Crippen LogP contribution in [0.5, 0.6) is 0 Å². The predicted octanol–water partition coefficient (Wildman–Crippen LogP) is 2.42. The molecule has 0 radical (unpaired) electrons. The molecular formula is C13H17F4NO2. The van der Waals surface area contributed by atoms with Crippen molar-refractivity contribution in [2.75, 3.05) is 20.3 Å². The van der Waals surface area contributed by atoms with Gasteiger partial charge in [0.1, 0.15) is 11.4 Å². The van der Waals surface area contributed by atoms with Crippen LogP contribution in [-0.4, -0.2) is 25.4 Å². The first kappa shape index (κ1) is 16.9. The normalized spacial score (nSPS) is 15.2.